The van der Waals surface area contributed by atoms with Crippen LogP contribution in [0, 0.1) is 11.8 Å². The van der Waals surface area contributed by atoms with Crippen molar-refractivity contribution in [3.05, 3.63) is 70.1 Å². The molecule has 1 aromatic carbocycles. The molecule has 7 nitrogen and oxygen atoms in total. The zero-order valence-corrected chi connectivity index (χ0v) is 16.5. The van der Waals surface area contributed by atoms with Crippen molar-refractivity contribution in [3.63, 3.8) is 0 Å². The van der Waals surface area contributed by atoms with Crippen molar-refractivity contribution < 1.29 is 14.7 Å². The molecule has 2 aliphatic heterocycles. The van der Waals surface area contributed by atoms with E-state index in [4.69, 9.17) is 0 Å². The van der Waals surface area contributed by atoms with E-state index >= 15 is 0 Å². The normalized spacial score (nSPS) is 26.0. The van der Waals surface area contributed by atoms with Gasteiger partial charge in [0.2, 0.25) is 11.8 Å². The summed E-state index contributed by atoms with van der Waals surface area (Å²) in [6.07, 6.45) is 0. The van der Waals surface area contributed by atoms with Gasteiger partial charge in [-0.15, -0.1) is 0 Å². The lowest BCUT2D eigenvalue weighted by molar-refractivity contribution is -0.140. The first kappa shape index (κ1) is 19.4. The van der Waals surface area contributed by atoms with Crippen LogP contribution in [0.25, 0.3) is 0 Å². The van der Waals surface area contributed by atoms with Gasteiger partial charge in [0, 0.05) is 43.7 Å². The Morgan fingerprint density at radius 3 is 2.55 bits per heavy atom. The molecule has 7 heteroatoms. The van der Waals surface area contributed by atoms with E-state index in [1.54, 1.807) is 15.5 Å². The van der Waals surface area contributed by atoms with E-state index in [2.05, 4.69) is 5.32 Å². The zero-order chi connectivity index (χ0) is 20.7. The van der Waals surface area contributed by atoms with Crippen molar-refractivity contribution in [1.29, 1.82) is 0 Å². The molecule has 29 heavy (non-hydrogen) atoms. The summed E-state index contributed by atoms with van der Waals surface area (Å²) < 4.78 is 1.65. The topological polar surface area (TPSA) is 91.6 Å². The lowest BCUT2D eigenvalue weighted by Gasteiger charge is -2.31. The van der Waals surface area contributed by atoms with Crippen LogP contribution in [0.15, 0.2) is 53.3 Å². The summed E-state index contributed by atoms with van der Waals surface area (Å²) in [6.45, 7) is 3.49. The highest BCUT2D eigenvalue weighted by atomic mass is 16.3. The van der Waals surface area contributed by atoms with Crippen LogP contribution in [0.3, 0.4) is 0 Å². The minimum Gasteiger partial charge on any atom is -0.396 e. The molecule has 0 bridgehead atoms. The van der Waals surface area contributed by atoms with E-state index < -0.39 is 12.0 Å². The third-order valence-electron chi connectivity index (χ3n) is 6.24. The van der Waals surface area contributed by atoms with Crippen LogP contribution < -0.4 is 10.9 Å². The molecule has 0 radical (unpaired) electrons. The standard InChI is InChI=1S/C22H25N3O4/c1-13(15-7-4-3-5-8-15)23-22(29)21-17(12-26)16-11-24-18(9-6-10-19(24)28)20(16)25(21)14(2)27/h3-10,13,16-17,20-21,26H,11-12H2,1-2H3,(H,23,29)/t13-,16+,17+,20-,21+/m1/s1. The molecule has 152 valence electrons. The number of fused-ring (bicyclic) bond motifs is 3. The Labute approximate surface area is 169 Å². The van der Waals surface area contributed by atoms with Gasteiger partial charge in [0.25, 0.3) is 5.56 Å². The van der Waals surface area contributed by atoms with E-state index in [9.17, 15) is 19.5 Å². The van der Waals surface area contributed by atoms with Crippen molar-refractivity contribution in [2.45, 2.75) is 38.5 Å². The highest BCUT2D eigenvalue weighted by molar-refractivity contribution is 5.88. The first-order valence-electron chi connectivity index (χ1n) is 9.89. The number of hydrogen-bond donors (Lipinski definition) is 2. The van der Waals surface area contributed by atoms with Gasteiger partial charge in [-0.05, 0) is 18.6 Å². The summed E-state index contributed by atoms with van der Waals surface area (Å²) in [6, 6.07) is 13.2. The first-order chi connectivity index (χ1) is 13.9. The quantitative estimate of drug-likeness (QED) is 0.815. The molecule has 1 saturated heterocycles. The Hall–Kier alpha value is -2.93. The number of aliphatic hydroxyl groups is 1. The smallest absolute Gasteiger partial charge is 0.250 e. The molecule has 2 amide bonds. The van der Waals surface area contributed by atoms with Gasteiger partial charge < -0.3 is 19.9 Å². The number of amides is 2. The predicted molar refractivity (Wildman–Crippen MR) is 107 cm³/mol. The number of aliphatic hydroxyl groups excluding tert-OH is 1. The SMILES string of the molecule is CC(=O)N1[C@H](C(=O)N[C@H](C)c2ccccc2)[C@@H](CO)[C@@H]2Cn3c(cccc3=O)[C@@H]21. The number of hydrogen-bond acceptors (Lipinski definition) is 4. The van der Waals surface area contributed by atoms with Crippen molar-refractivity contribution in [2.75, 3.05) is 6.61 Å². The van der Waals surface area contributed by atoms with Crippen LogP contribution in [-0.4, -0.2) is 39.0 Å². The molecule has 2 aliphatic rings. The van der Waals surface area contributed by atoms with Crippen molar-refractivity contribution >= 4 is 11.8 Å². The number of likely N-dealkylation sites (tertiary alicyclic amines) is 1. The van der Waals surface area contributed by atoms with Crippen LogP contribution in [0.5, 0.6) is 0 Å². The van der Waals surface area contributed by atoms with E-state index in [0.29, 0.717) is 6.54 Å². The number of pyridine rings is 1. The van der Waals surface area contributed by atoms with Crippen LogP contribution in [0.4, 0.5) is 0 Å². The highest BCUT2D eigenvalue weighted by Gasteiger charge is 2.56. The minimum absolute atomic E-state index is 0.129. The number of nitrogens with one attached hydrogen (secondary N) is 1. The molecule has 0 aliphatic carbocycles. The number of aromatic nitrogens is 1. The molecule has 2 aromatic rings. The molecule has 5 atom stereocenters. The molecule has 1 fully saturated rings. The van der Waals surface area contributed by atoms with E-state index in [1.165, 1.54) is 13.0 Å². The largest absolute Gasteiger partial charge is 0.396 e. The van der Waals surface area contributed by atoms with Gasteiger partial charge in [0.1, 0.15) is 6.04 Å². The molecule has 2 N–H and O–H groups in total. The maximum atomic E-state index is 13.2. The summed E-state index contributed by atoms with van der Waals surface area (Å²) in [4.78, 5) is 39.6. The zero-order valence-electron chi connectivity index (χ0n) is 16.5. The number of nitrogens with zero attached hydrogens (tertiary/aromatic N) is 2. The molecule has 0 unspecified atom stereocenters. The third kappa shape index (κ3) is 3.15. The Bertz CT molecular complexity index is 987. The summed E-state index contributed by atoms with van der Waals surface area (Å²) >= 11 is 0. The van der Waals surface area contributed by atoms with E-state index in [-0.39, 0.29) is 42.0 Å². The number of rotatable bonds is 4. The molecule has 0 spiro atoms. The van der Waals surface area contributed by atoms with Crippen LogP contribution in [-0.2, 0) is 16.1 Å². The van der Waals surface area contributed by atoms with Gasteiger partial charge in [0.15, 0.2) is 0 Å². The van der Waals surface area contributed by atoms with E-state index in [1.807, 2.05) is 43.3 Å². The maximum Gasteiger partial charge on any atom is 0.250 e. The molecule has 3 heterocycles. The monoisotopic (exact) mass is 395 g/mol. The molecular weight excluding hydrogens is 370 g/mol. The number of carbonyl (C=O) groups is 2. The van der Waals surface area contributed by atoms with Gasteiger partial charge in [-0.2, -0.15) is 0 Å². The van der Waals surface area contributed by atoms with Crippen LogP contribution in [0.1, 0.15) is 37.2 Å². The fourth-order valence-electron chi connectivity index (χ4n) is 4.92. The average Bonchev–Trinajstić information content (AvgIpc) is 3.24. The number of benzene rings is 1. The minimum atomic E-state index is -0.775. The fourth-order valence-corrected chi connectivity index (χ4v) is 4.92. The Balaban J connectivity index is 1.67. The fraction of sp³-hybridized carbons (Fsp3) is 0.409. The average molecular weight is 395 g/mol. The molecule has 4 rings (SSSR count). The van der Waals surface area contributed by atoms with Gasteiger partial charge in [-0.3, -0.25) is 14.4 Å². The lowest BCUT2D eigenvalue weighted by atomic mass is 9.88. The van der Waals surface area contributed by atoms with Gasteiger partial charge >= 0.3 is 0 Å². The Kier molecular flexibility index (Phi) is 5.00. The summed E-state index contributed by atoms with van der Waals surface area (Å²) in [5.74, 6) is -1.14. The van der Waals surface area contributed by atoms with Gasteiger partial charge in [0.05, 0.1) is 12.1 Å². The van der Waals surface area contributed by atoms with Crippen LogP contribution in [0.2, 0.25) is 0 Å². The molecule has 0 saturated carbocycles. The van der Waals surface area contributed by atoms with E-state index in [0.717, 1.165) is 11.3 Å². The third-order valence-corrected chi connectivity index (χ3v) is 6.24. The second-order valence-corrected chi connectivity index (χ2v) is 7.87. The summed E-state index contributed by atoms with van der Waals surface area (Å²) in [7, 11) is 0. The Morgan fingerprint density at radius 2 is 1.90 bits per heavy atom. The number of carbonyl (C=O) groups excluding carboxylic acids is 2. The van der Waals surface area contributed by atoms with Crippen molar-refractivity contribution in [2.24, 2.45) is 11.8 Å². The van der Waals surface area contributed by atoms with Crippen LogP contribution >= 0.6 is 0 Å². The van der Waals surface area contributed by atoms with Crippen molar-refractivity contribution in [3.8, 4) is 0 Å². The molecular formula is C22H25N3O4. The van der Waals surface area contributed by atoms with Gasteiger partial charge in [-0.25, -0.2) is 0 Å². The maximum absolute atomic E-state index is 13.2. The van der Waals surface area contributed by atoms with Crippen molar-refractivity contribution in [1.82, 2.24) is 14.8 Å². The summed E-state index contributed by atoms with van der Waals surface area (Å²) in [5.41, 5.74) is 1.56. The van der Waals surface area contributed by atoms with Gasteiger partial charge in [-0.1, -0.05) is 36.4 Å². The second-order valence-electron chi connectivity index (χ2n) is 7.87. The molecule has 1 aromatic heterocycles. The predicted octanol–water partition coefficient (Wildman–Crippen LogP) is 1.24. The highest BCUT2D eigenvalue weighted by Crippen LogP contribution is 2.49. The summed E-state index contributed by atoms with van der Waals surface area (Å²) in [5, 5.41) is 13.1. The Morgan fingerprint density at radius 1 is 1.17 bits per heavy atom. The second kappa shape index (κ2) is 7.48. The lowest BCUT2D eigenvalue weighted by Crippen LogP contribution is -2.50. The first-order valence-corrected chi connectivity index (χ1v) is 9.89.